The number of nitrogens with two attached hydrogens (primary N) is 1. The molecule has 5 N–H and O–H groups in total. The maximum Gasteiger partial charge on any atom is 0.227 e. The summed E-state index contributed by atoms with van der Waals surface area (Å²) in [5, 5.41) is 6.90. The standard InChI is InChI=1S/C5H14N4O2/c1-2-10-3-4-11-9-5(6)8-7/h2-4,7H2,1H3,(H3,6,8,9). The highest BCUT2D eigenvalue weighted by molar-refractivity contribution is 5.74. The first-order chi connectivity index (χ1) is 5.31. The van der Waals surface area contributed by atoms with Crippen LogP contribution in [-0.2, 0) is 9.57 Å². The topological polar surface area (TPSA) is 92.4 Å². The van der Waals surface area contributed by atoms with E-state index in [4.69, 9.17) is 20.8 Å². The smallest absolute Gasteiger partial charge is 0.227 e. The molecule has 0 unspecified atom stereocenters. The summed E-state index contributed by atoms with van der Waals surface area (Å²) >= 11 is 0. The summed E-state index contributed by atoms with van der Waals surface area (Å²) in [5.74, 6) is 4.78. The van der Waals surface area contributed by atoms with Gasteiger partial charge in [-0.2, -0.15) is 0 Å². The number of rotatable bonds is 5. The van der Waals surface area contributed by atoms with E-state index in [-0.39, 0.29) is 5.96 Å². The fourth-order valence-electron chi connectivity index (χ4n) is 0.398. The molecule has 0 aromatic carbocycles. The van der Waals surface area contributed by atoms with Crippen LogP contribution in [-0.4, -0.2) is 25.8 Å². The van der Waals surface area contributed by atoms with Gasteiger partial charge in [0.2, 0.25) is 5.96 Å². The van der Waals surface area contributed by atoms with Crippen LogP contribution in [0.2, 0.25) is 0 Å². The van der Waals surface area contributed by atoms with Crippen molar-refractivity contribution in [2.24, 2.45) is 5.84 Å². The normalized spacial score (nSPS) is 9.27. The molecule has 0 rings (SSSR count). The fourth-order valence-corrected chi connectivity index (χ4v) is 0.398. The predicted octanol–water partition coefficient (Wildman–Crippen LogP) is -1.06. The first kappa shape index (κ1) is 10.2. The number of hydrogen-bond donors (Lipinski definition) is 4. The van der Waals surface area contributed by atoms with Gasteiger partial charge in [0.15, 0.2) is 0 Å². The summed E-state index contributed by atoms with van der Waals surface area (Å²) < 4.78 is 4.96. The van der Waals surface area contributed by atoms with Gasteiger partial charge >= 0.3 is 0 Å². The molecule has 0 bridgehead atoms. The van der Waals surface area contributed by atoms with Crippen LogP contribution in [0.25, 0.3) is 0 Å². The molecule has 0 aliphatic heterocycles. The van der Waals surface area contributed by atoms with E-state index in [2.05, 4.69) is 10.9 Å². The van der Waals surface area contributed by atoms with E-state index in [1.807, 2.05) is 6.92 Å². The van der Waals surface area contributed by atoms with Gasteiger partial charge in [0.1, 0.15) is 0 Å². The van der Waals surface area contributed by atoms with Crippen LogP contribution in [0.1, 0.15) is 6.92 Å². The van der Waals surface area contributed by atoms with Crippen molar-refractivity contribution < 1.29 is 9.57 Å². The Hall–Kier alpha value is -0.850. The van der Waals surface area contributed by atoms with Gasteiger partial charge in [0.25, 0.3) is 0 Å². The molecule has 0 saturated heterocycles. The molecule has 0 aromatic rings. The highest BCUT2D eigenvalue weighted by Gasteiger charge is 1.89. The Labute approximate surface area is 65.5 Å². The molecule has 0 aliphatic carbocycles. The SMILES string of the molecule is CCOCCONC(=N)NN. The minimum Gasteiger partial charge on any atom is -0.379 e. The van der Waals surface area contributed by atoms with Gasteiger partial charge in [-0.15, -0.1) is 0 Å². The second-order valence-corrected chi connectivity index (χ2v) is 1.67. The molecule has 0 aliphatic rings. The van der Waals surface area contributed by atoms with Crippen molar-refractivity contribution in [3.05, 3.63) is 0 Å². The molecule has 0 heterocycles. The summed E-state index contributed by atoms with van der Waals surface area (Å²) in [6.07, 6.45) is 0. The molecule has 0 radical (unpaired) electrons. The third-order valence-corrected chi connectivity index (χ3v) is 0.852. The van der Waals surface area contributed by atoms with Crippen molar-refractivity contribution in [2.45, 2.75) is 6.92 Å². The van der Waals surface area contributed by atoms with Crippen molar-refractivity contribution in [1.82, 2.24) is 10.9 Å². The van der Waals surface area contributed by atoms with E-state index in [9.17, 15) is 0 Å². The average molecular weight is 162 g/mol. The average Bonchev–Trinajstić information content (AvgIpc) is 2.04. The predicted molar refractivity (Wildman–Crippen MR) is 40.6 cm³/mol. The Balaban J connectivity index is 2.95. The number of ether oxygens (including phenoxy) is 1. The number of hydrazine groups is 1. The maximum absolute atomic E-state index is 6.90. The Morgan fingerprint density at radius 3 is 2.82 bits per heavy atom. The number of hydrogen-bond acceptors (Lipinski definition) is 4. The zero-order valence-corrected chi connectivity index (χ0v) is 6.52. The van der Waals surface area contributed by atoms with Crippen LogP contribution < -0.4 is 16.7 Å². The molecule has 66 valence electrons. The van der Waals surface area contributed by atoms with Gasteiger partial charge in [0.05, 0.1) is 13.2 Å². The molecule has 0 fully saturated rings. The van der Waals surface area contributed by atoms with E-state index < -0.39 is 0 Å². The van der Waals surface area contributed by atoms with Gasteiger partial charge in [-0.25, -0.2) is 11.3 Å². The lowest BCUT2D eigenvalue weighted by Gasteiger charge is -2.06. The summed E-state index contributed by atoms with van der Waals surface area (Å²) in [7, 11) is 0. The van der Waals surface area contributed by atoms with Gasteiger partial charge in [-0.05, 0) is 6.92 Å². The van der Waals surface area contributed by atoms with Crippen LogP contribution in [0.15, 0.2) is 0 Å². The monoisotopic (exact) mass is 162 g/mol. The largest absolute Gasteiger partial charge is 0.379 e. The van der Waals surface area contributed by atoms with Crippen LogP contribution >= 0.6 is 0 Å². The molecular formula is C5H14N4O2. The zero-order valence-electron chi connectivity index (χ0n) is 6.52. The lowest BCUT2D eigenvalue weighted by molar-refractivity contribution is 0.0235. The minimum atomic E-state index is -0.0819. The van der Waals surface area contributed by atoms with Crippen LogP contribution in [0, 0.1) is 5.41 Å². The first-order valence-electron chi connectivity index (χ1n) is 3.32. The highest BCUT2D eigenvalue weighted by Crippen LogP contribution is 1.73. The van der Waals surface area contributed by atoms with Crippen molar-refractivity contribution in [2.75, 3.05) is 19.8 Å². The number of nitrogens with one attached hydrogen (secondary N) is 3. The van der Waals surface area contributed by atoms with Crippen molar-refractivity contribution in [1.29, 1.82) is 5.41 Å². The Morgan fingerprint density at radius 2 is 2.27 bits per heavy atom. The van der Waals surface area contributed by atoms with E-state index in [0.717, 1.165) is 0 Å². The molecule has 6 nitrogen and oxygen atoms in total. The van der Waals surface area contributed by atoms with Crippen LogP contribution in [0.3, 0.4) is 0 Å². The summed E-state index contributed by atoms with van der Waals surface area (Å²) in [4.78, 5) is 4.75. The molecule has 11 heavy (non-hydrogen) atoms. The summed E-state index contributed by atoms with van der Waals surface area (Å²) in [6.45, 7) is 3.45. The summed E-state index contributed by atoms with van der Waals surface area (Å²) in [5.41, 5.74) is 4.32. The third kappa shape index (κ3) is 7.04. The Kier molecular flexibility index (Phi) is 6.70. The Morgan fingerprint density at radius 1 is 1.55 bits per heavy atom. The van der Waals surface area contributed by atoms with E-state index in [1.54, 1.807) is 0 Å². The van der Waals surface area contributed by atoms with E-state index in [0.29, 0.717) is 19.8 Å². The molecule has 0 atom stereocenters. The maximum atomic E-state index is 6.90. The quantitative estimate of drug-likeness (QED) is 0.136. The minimum absolute atomic E-state index is 0.0819. The van der Waals surface area contributed by atoms with Crippen molar-refractivity contribution >= 4 is 5.96 Å². The van der Waals surface area contributed by atoms with Gasteiger partial charge in [-0.1, -0.05) is 0 Å². The van der Waals surface area contributed by atoms with E-state index in [1.165, 1.54) is 0 Å². The number of hydroxylamine groups is 1. The van der Waals surface area contributed by atoms with Gasteiger partial charge in [-0.3, -0.25) is 15.7 Å². The zero-order chi connectivity index (χ0) is 8.53. The molecular weight excluding hydrogens is 148 g/mol. The first-order valence-corrected chi connectivity index (χ1v) is 3.32. The molecule has 0 aromatic heterocycles. The Bertz CT molecular complexity index is 109. The van der Waals surface area contributed by atoms with E-state index >= 15 is 0 Å². The van der Waals surface area contributed by atoms with Crippen LogP contribution in [0.4, 0.5) is 0 Å². The highest BCUT2D eigenvalue weighted by atomic mass is 16.7. The third-order valence-electron chi connectivity index (χ3n) is 0.852. The second kappa shape index (κ2) is 7.26. The van der Waals surface area contributed by atoms with Gasteiger partial charge < -0.3 is 4.74 Å². The lowest BCUT2D eigenvalue weighted by Crippen LogP contribution is -2.40. The molecule has 0 saturated carbocycles. The second-order valence-electron chi connectivity index (χ2n) is 1.67. The molecule has 6 heteroatoms. The molecule has 0 spiro atoms. The van der Waals surface area contributed by atoms with Crippen LogP contribution in [0.5, 0.6) is 0 Å². The lowest BCUT2D eigenvalue weighted by atomic mass is 10.7. The number of guanidine groups is 1. The summed E-state index contributed by atoms with van der Waals surface area (Å²) in [6, 6.07) is 0. The fraction of sp³-hybridized carbons (Fsp3) is 0.800. The molecule has 0 amide bonds. The van der Waals surface area contributed by atoms with Gasteiger partial charge in [0, 0.05) is 6.61 Å². The van der Waals surface area contributed by atoms with Crippen molar-refractivity contribution in [3.63, 3.8) is 0 Å². The van der Waals surface area contributed by atoms with Crippen molar-refractivity contribution in [3.8, 4) is 0 Å².